The van der Waals surface area contributed by atoms with E-state index in [1.54, 1.807) is 0 Å². The normalized spacial score (nSPS) is 20.3. The number of nitrogens with zero attached hydrogens (tertiary/aromatic N) is 1. The lowest BCUT2D eigenvalue weighted by atomic mass is 10.2. The van der Waals surface area contributed by atoms with E-state index in [0.29, 0.717) is 26.2 Å². The number of carbonyl (C=O) groups is 1. The van der Waals surface area contributed by atoms with E-state index in [2.05, 4.69) is 9.64 Å². The number of esters is 1. The Kier molecular flexibility index (Phi) is 8.77. The smallest absolute Gasteiger partial charge is 0.308 e. The first-order valence-electron chi connectivity index (χ1n) is 7.33. The van der Waals surface area contributed by atoms with Crippen LogP contribution in [0.2, 0.25) is 0 Å². The quantitative estimate of drug-likeness (QED) is 0.467. The van der Waals surface area contributed by atoms with Gasteiger partial charge in [0, 0.05) is 39.3 Å². The maximum absolute atomic E-state index is 11.3. The van der Waals surface area contributed by atoms with Crippen molar-refractivity contribution < 1.29 is 23.7 Å². The molecule has 20 heavy (non-hydrogen) atoms. The van der Waals surface area contributed by atoms with Crippen LogP contribution in [0.15, 0.2) is 0 Å². The van der Waals surface area contributed by atoms with Crippen LogP contribution in [0.5, 0.6) is 0 Å². The second-order valence-corrected chi connectivity index (χ2v) is 4.70. The van der Waals surface area contributed by atoms with Crippen LogP contribution in [0, 0.1) is 0 Å². The Morgan fingerprint density at radius 1 is 1.35 bits per heavy atom. The van der Waals surface area contributed by atoms with Gasteiger partial charge in [0.05, 0.1) is 26.2 Å². The molecular formula is C14H27NO5. The summed E-state index contributed by atoms with van der Waals surface area (Å²) in [4.78, 5) is 13.5. The van der Waals surface area contributed by atoms with Crippen molar-refractivity contribution in [3.8, 4) is 0 Å². The molecule has 1 atom stereocenters. The van der Waals surface area contributed by atoms with E-state index in [4.69, 9.17) is 14.2 Å². The maximum Gasteiger partial charge on any atom is 0.308 e. The van der Waals surface area contributed by atoms with Gasteiger partial charge >= 0.3 is 5.97 Å². The fourth-order valence-corrected chi connectivity index (χ4v) is 2.25. The van der Waals surface area contributed by atoms with Gasteiger partial charge < -0.3 is 18.9 Å². The number of methoxy groups -OCH3 is 1. The molecule has 0 saturated carbocycles. The summed E-state index contributed by atoms with van der Waals surface area (Å²) < 4.78 is 21.3. The minimum absolute atomic E-state index is 0.0752. The largest absolute Gasteiger partial charge is 0.469 e. The molecule has 1 unspecified atom stereocenters. The standard InChI is InChI=1S/C14H27NO5/c1-4-18-14(19-5-2)6-7-15-8-9-20-12(11-15)10-13(16)17-3/h12,14H,4-11H2,1-3H3. The lowest BCUT2D eigenvalue weighted by Gasteiger charge is -2.33. The van der Waals surface area contributed by atoms with Gasteiger partial charge in [0.2, 0.25) is 0 Å². The minimum atomic E-state index is -0.224. The van der Waals surface area contributed by atoms with E-state index in [9.17, 15) is 4.79 Å². The average molecular weight is 289 g/mol. The fraction of sp³-hybridized carbons (Fsp3) is 0.929. The van der Waals surface area contributed by atoms with E-state index in [1.165, 1.54) is 7.11 Å². The van der Waals surface area contributed by atoms with Crippen molar-refractivity contribution in [2.24, 2.45) is 0 Å². The molecule has 1 saturated heterocycles. The molecule has 1 aliphatic rings. The molecule has 0 radical (unpaired) electrons. The second-order valence-electron chi connectivity index (χ2n) is 4.70. The van der Waals surface area contributed by atoms with Crippen molar-refractivity contribution in [2.75, 3.05) is 46.6 Å². The van der Waals surface area contributed by atoms with Crippen molar-refractivity contribution in [2.45, 2.75) is 39.1 Å². The third kappa shape index (κ3) is 6.65. The number of morpholine rings is 1. The van der Waals surface area contributed by atoms with E-state index in [-0.39, 0.29) is 18.4 Å². The van der Waals surface area contributed by atoms with Gasteiger partial charge in [-0.3, -0.25) is 9.69 Å². The molecule has 1 fully saturated rings. The van der Waals surface area contributed by atoms with Crippen molar-refractivity contribution >= 4 is 5.97 Å². The Morgan fingerprint density at radius 3 is 2.65 bits per heavy atom. The van der Waals surface area contributed by atoms with Crippen molar-refractivity contribution in [3.63, 3.8) is 0 Å². The topological polar surface area (TPSA) is 57.2 Å². The van der Waals surface area contributed by atoms with Crippen molar-refractivity contribution in [3.05, 3.63) is 0 Å². The van der Waals surface area contributed by atoms with Crippen molar-refractivity contribution in [1.82, 2.24) is 4.90 Å². The summed E-state index contributed by atoms with van der Waals surface area (Å²) in [6, 6.07) is 0. The predicted octanol–water partition coefficient (Wildman–Crippen LogP) is 1.04. The van der Waals surface area contributed by atoms with Crippen molar-refractivity contribution in [1.29, 1.82) is 0 Å². The predicted molar refractivity (Wildman–Crippen MR) is 74.5 cm³/mol. The number of carbonyl (C=O) groups excluding carboxylic acids is 1. The Bertz CT molecular complexity index is 268. The molecule has 0 spiro atoms. The van der Waals surface area contributed by atoms with E-state index < -0.39 is 0 Å². The molecule has 1 rings (SSSR count). The number of hydrogen-bond donors (Lipinski definition) is 0. The van der Waals surface area contributed by atoms with Gasteiger partial charge in [-0.1, -0.05) is 0 Å². The number of ether oxygens (including phenoxy) is 4. The highest BCUT2D eigenvalue weighted by atomic mass is 16.7. The molecule has 0 bridgehead atoms. The maximum atomic E-state index is 11.3. The fourth-order valence-electron chi connectivity index (χ4n) is 2.25. The molecule has 0 aliphatic carbocycles. The van der Waals surface area contributed by atoms with Gasteiger partial charge in [-0.25, -0.2) is 0 Å². The SMILES string of the molecule is CCOC(CCN1CCOC(CC(=O)OC)C1)OCC. The van der Waals surface area contributed by atoms with Gasteiger partial charge in [-0.15, -0.1) is 0 Å². The van der Waals surface area contributed by atoms with E-state index >= 15 is 0 Å². The second kappa shape index (κ2) is 10.1. The summed E-state index contributed by atoms with van der Waals surface area (Å²) in [6.45, 7) is 8.39. The zero-order valence-electron chi connectivity index (χ0n) is 12.8. The Morgan fingerprint density at radius 2 is 2.05 bits per heavy atom. The molecule has 1 aliphatic heterocycles. The molecule has 6 nitrogen and oxygen atoms in total. The first kappa shape index (κ1) is 17.4. The Balaban J connectivity index is 2.30. The lowest BCUT2D eigenvalue weighted by Crippen LogP contribution is -2.44. The Labute approximate surface area is 121 Å². The highest BCUT2D eigenvalue weighted by Gasteiger charge is 2.23. The summed E-state index contributed by atoms with van der Waals surface area (Å²) in [5, 5.41) is 0. The van der Waals surface area contributed by atoms with Crippen LogP contribution in [0.1, 0.15) is 26.7 Å². The van der Waals surface area contributed by atoms with Crippen LogP contribution in [-0.2, 0) is 23.7 Å². The van der Waals surface area contributed by atoms with Crippen LogP contribution in [0.4, 0.5) is 0 Å². The molecule has 0 aromatic heterocycles. The summed E-state index contributed by atoms with van der Waals surface area (Å²) in [7, 11) is 1.40. The van der Waals surface area contributed by atoms with Crippen LogP contribution in [0.25, 0.3) is 0 Å². The number of rotatable bonds is 9. The van der Waals surface area contributed by atoms with Gasteiger partial charge in [-0.2, -0.15) is 0 Å². The molecule has 0 aromatic carbocycles. The third-order valence-corrected chi connectivity index (χ3v) is 3.23. The summed E-state index contributed by atoms with van der Waals surface area (Å²) in [5.74, 6) is -0.224. The molecule has 0 N–H and O–H groups in total. The van der Waals surface area contributed by atoms with Gasteiger partial charge in [0.25, 0.3) is 0 Å². The summed E-state index contributed by atoms with van der Waals surface area (Å²) >= 11 is 0. The van der Waals surface area contributed by atoms with E-state index in [0.717, 1.165) is 26.1 Å². The van der Waals surface area contributed by atoms with Crippen LogP contribution >= 0.6 is 0 Å². The van der Waals surface area contributed by atoms with Gasteiger partial charge in [-0.05, 0) is 13.8 Å². The average Bonchev–Trinajstić information content (AvgIpc) is 2.45. The highest BCUT2D eigenvalue weighted by Crippen LogP contribution is 2.11. The zero-order valence-corrected chi connectivity index (χ0v) is 12.8. The van der Waals surface area contributed by atoms with Crippen LogP contribution in [-0.4, -0.2) is 69.8 Å². The lowest BCUT2D eigenvalue weighted by molar-refractivity contribution is -0.149. The zero-order chi connectivity index (χ0) is 14.8. The van der Waals surface area contributed by atoms with Crippen LogP contribution < -0.4 is 0 Å². The van der Waals surface area contributed by atoms with Crippen LogP contribution in [0.3, 0.4) is 0 Å². The monoisotopic (exact) mass is 289 g/mol. The summed E-state index contributed by atoms with van der Waals surface area (Å²) in [6.07, 6.45) is 0.917. The molecular weight excluding hydrogens is 262 g/mol. The van der Waals surface area contributed by atoms with Gasteiger partial charge in [0.1, 0.15) is 0 Å². The minimum Gasteiger partial charge on any atom is -0.469 e. The molecule has 0 aromatic rings. The Hall–Kier alpha value is -0.690. The molecule has 118 valence electrons. The van der Waals surface area contributed by atoms with Gasteiger partial charge in [0.15, 0.2) is 6.29 Å². The molecule has 0 amide bonds. The molecule has 1 heterocycles. The summed E-state index contributed by atoms with van der Waals surface area (Å²) in [5.41, 5.74) is 0. The molecule has 6 heteroatoms. The number of hydrogen-bond acceptors (Lipinski definition) is 6. The first-order valence-corrected chi connectivity index (χ1v) is 7.33. The van der Waals surface area contributed by atoms with E-state index in [1.807, 2.05) is 13.8 Å². The third-order valence-electron chi connectivity index (χ3n) is 3.23. The first-order chi connectivity index (χ1) is 9.69. The highest BCUT2D eigenvalue weighted by molar-refractivity contribution is 5.69.